The van der Waals surface area contributed by atoms with Crippen LogP contribution in [0.2, 0.25) is 0 Å². The normalized spacial score (nSPS) is 12.7. The molecular weight excluding hydrogens is 324 g/mol. The molecule has 1 aromatic rings. The predicted octanol–water partition coefficient (Wildman–Crippen LogP) is 4.61. The standard InChI is InChI=1S/C15H15F6NO/c1-10(23)22(2)6-4-3-5-11-7-12(14(16,17)18)9-13(8-11)15(19,20)21/h3,5,7-9H,4,6H2,1-2H3/b5-3-. The van der Waals surface area contributed by atoms with Crippen molar-refractivity contribution in [3.63, 3.8) is 0 Å². The van der Waals surface area contributed by atoms with Crippen molar-refractivity contribution < 1.29 is 31.1 Å². The number of alkyl halides is 6. The van der Waals surface area contributed by atoms with Crippen LogP contribution in [0.4, 0.5) is 26.3 Å². The van der Waals surface area contributed by atoms with Crippen molar-refractivity contribution in [3.8, 4) is 0 Å². The first-order valence-corrected chi connectivity index (χ1v) is 6.59. The SMILES string of the molecule is CC(=O)N(C)CC/C=C\c1cc(C(F)(F)F)cc(C(F)(F)F)c1. The summed E-state index contributed by atoms with van der Waals surface area (Å²) in [5.74, 6) is -0.183. The Bertz CT molecular complexity index is 556. The summed E-state index contributed by atoms with van der Waals surface area (Å²) in [6.07, 6.45) is -6.81. The number of hydrogen-bond donors (Lipinski definition) is 0. The zero-order chi connectivity index (χ0) is 17.8. The van der Waals surface area contributed by atoms with Crippen LogP contribution in [0, 0.1) is 0 Å². The van der Waals surface area contributed by atoms with Gasteiger partial charge >= 0.3 is 12.4 Å². The third-order valence-electron chi connectivity index (χ3n) is 3.09. The molecule has 1 rings (SSSR count). The molecule has 0 radical (unpaired) electrons. The Morgan fingerprint density at radius 3 is 1.91 bits per heavy atom. The van der Waals surface area contributed by atoms with Gasteiger partial charge in [0.05, 0.1) is 11.1 Å². The van der Waals surface area contributed by atoms with Crippen LogP contribution in [-0.2, 0) is 17.1 Å². The second kappa shape index (κ2) is 7.06. The van der Waals surface area contributed by atoms with E-state index in [1.165, 1.54) is 24.0 Å². The van der Waals surface area contributed by atoms with Gasteiger partial charge in [-0.05, 0) is 30.2 Å². The van der Waals surface area contributed by atoms with Crippen molar-refractivity contribution in [2.24, 2.45) is 0 Å². The zero-order valence-corrected chi connectivity index (χ0v) is 12.4. The lowest BCUT2D eigenvalue weighted by Gasteiger charge is -2.13. The highest BCUT2D eigenvalue weighted by Crippen LogP contribution is 2.36. The van der Waals surface area contributed by atoms with Crippen molar-refractivity contribution in [1.29, 1.82) is 0 Å². The molecular formula is C15H15F6NO. The second-order valence-electron chi connectivity index (χ2n) is 4.97. The molecule has 8 heteroatoms. The minimum Gasteiger partial charge on any atom is -0.346 e. The number of rotatable bonds is 4. The lowest BCUT2D eigenvalue weighted by molar-refractivity contribution is -0.143. The number of benzene rings is 1. The summed E-state index contributed by atoms with van der Waals surface area (Å²) in [6.45, 7) is 1.67. The molecule has 0 unspecified atom stereocenters. The molecule has 0 fully saturated rings. The molecule has 2 nitrogen and oxygen atoms in total. The first kappa shape index (κ1) is 19.1. The summed E-state index contributed by atoms with van der Waals surface area (Å²) in [5.41, 5.74) is -2.90. The number of halogens is 6. The van der Waals surface area contributed by atoms with Crippen LogP contribution in [0.3, 0.4) is 0 Å². The fraction of sp³-hybridized carbons (Fsp3) is 0.400. The minimum atomic E-state index is -4.86. The van der Waals surface area contributed by atoms with Crippen LogP contribution in [0.15, 0.2) is 24.3 Å². The summed E-state index contributed by atoms with van der Waals surface area (Å²) >= 11 is 0. The van der Waals surface area contributed by atoms with E-state index in [-0.39, 0.29) is 17.5 Å². The smallest absolute Gasteiger partial charge is 0.346 e. The number of carbonyl (C=O) groups excluding carboxylic acids is 1. The largest absolute Gasteiger partial charge is 0.416 e. The van der Waals surface area contributed by atoms with Gasteiger partial charge in [-0.25, -0.2) is 0 Å². The summed E-state index contributed by atoms with van der Waals surface area (Å²) in [7, 11) is 1.54. The Morgan fingerprint density at radius 1 is 1.04 bits per heavy atom. The molecule has 23 heavy (non-hydrogen) atoms. The van der Waals surface area contributed by atoms with E-state index in [1.807, 2.05) is 0 Å². The zero-order valence-electron chi connectivity index (χ0n) is 12.4. The fourth-order valence-corrected chi connectivity index (χ4v) is 1.72. The second-order valence-corrected chi connectivity index (χ2v) is 4.97. The maximum atomic E-state index is 12.7. The number of amides is 1. The van der Waals surface area contributed by atoms with Gasteiger partial charge in [-0.3, -0.25) is 4.79 Å². The first-order valence-electron chi connectivity index (χ1n) is 6.59. The van der Waals surface area contributed by atoms with Gasteiger partial charge < -0.3 is 4.90 Å². The van der Waals surface area contributed by atoms with E-state index in [9.17, 15) is 31.1 Å². The van der Waals surface area contributed by atoms with Crippen LogP contribution in [0.25, 0.3) is 6.08 Å². The van der Waals surface area contributed by atoms with Crippen molar-refractivity contribution in [2.45, 2.75) is 25.7 Å². The lowest BCUT2D eigenvalue weighted by atomic mass is 10.0. The molecule has 0 aromatic heterocycles. The average molecular weight is 339 g/mol. The Morgan fingerprint density at radius 2 is 1.52 bits per heavy atom. The van der Waals surface area contributed by atoms with Gasteiger partial charge in [-0.2, -0.15) is 26.3 Å². The Hall–Kier alpha value is -1.99. The lowest BCUT2D eigenvalue weighted by Crippen LogP contribution is -2.24. The van der Waals surface area contributed by atoms with Gasteiger partial charge in [-0.15, -0.1) is 0 Å². The molecule has 0 atom stereocenters. The molecule has 0 N–H and O–H groups in total. The monoisotopic (exact) mass is 339 g/mol. The third kappa shape index (κ3) is 5.96. The molecule has 1 aromatic carbocycles. The van der Waals surface area contributed by atoms with Crippen LogP contribution >= 0.6 is 0 Å². The molecule has 0 heterocycles. The predicted molar refractivity (Wildman–Crippen MR) is 73.4 cm³/mol. The van der Waals surface area contributed by atoms with Gasteiger partial charge in [0.1, 0.15) is 0 Å². The number of carbonyl (C=O) groups is 1. The first-order chi connectivity index (χ1) is 10.4. The average Bonchev–Trinajstić information content (AvgIpc) is 2.41. The molecule has 0 saturated heterocycles. The van der Waals surface area contributed by atoms with Crippen molar-refractivity contribution in [1.82, 2.24) is 4.90 Å². The molecule has 0 saturated carbocycles. The van der Waals surface area contributed by atoms with E-state index >= 15 is 0 Å². The molecule has 0 aliphatic rings. The quantitative estimate of drug-likeness (QED) is 0.734. The van der Waals surface area contributed by atoms with Crippen molar-refractivity contribution >= 4 is 12.0 Å². The Balaban J connectivity index is 3.00. The van der Waals surface area contributed by atoms with E-state index in [0.29, 0.717) is 25.1 Å². The Labute approximate surface area is 129 Å². The fourth-order valence-electron chi connectivity index (χ4n) is 1.72. The summed E-state index contributed by atoms with van der Waals surface area (Å²) in [4.78, 5) is 12.4. The minimum absolute atomic E-state index is 0.0842. The Kier molecular flexibility index (Phi) is 5.85. The molecule has 0 aliphatic carbocycles. The topological polar surface area (TPSA) is 20.3 Å². The molecule has 1 amide bonds. The van der Waals surface area contributed by atoms with Crippen molar-refractivity contribution in [3.05, 3.63) is 41.0 Å². The van der Waals surface area contributed by atoms with Gasteiger partial charge in [0.25, 0.3) is 0 Å². The number of nitrogens with zero attached hydrogens (tertiary/aromatic N) is 1. The molecule has 0 spiro atoms. The molecule has 0 aliphatic heterocycles. The molecule has 0 bridgehead atoms. The summed E-state index contributed by atoms with van der Waals surface area (Å²) in [6, 6.07) is 1.39. The highest BCUT2D eigenvalue weighted by atomic mass is 19.4. The van der Waals surface area contributed by atoms with Crippen LogP contribution in [0.5, 0.6) is 0 Å². The van der Waals surface area contributed by atoms with Crippen LogP contribution in [-0.4, -0.2) is 24.4 Å². The van der Waals surface area contributed by atoms with Crippen LogP contribution in [0.1, 0.15) is 30.0 Å². The van der Waals surface area contributed by atoms with Crippen LogP contribution < -0.4 is 0 Å². The highest BCUT2D eigenvalue weighted by molar-refractivity contribution is 5.72. The van der Waals surface area contributed by atoms with E-state index in [0.717, 1.165) is 0 Å². The molecule has 128 valence electrons. The van der Waals surface area contributed by atoms with Gasteiger partial charge in [0.15, 0.2) is 0 Å². The van der Waals surface area contributed by atoms with Gasteiger partial charge in [0.2, 0.25) is 5.91 Å². The number of hydrogen-bond acceptors (Lipinski definition) is 1. The van der Waals surface area contributed by atoms with Gasteiger partial charge in [-0.1, -0.05) is 12.2 Å². The maximum absolute atomic E-state index is 12.7. The van der Waals surface area contributed by atoms with E-state index in [4.69, 9.17) is 0 Å². The van der Waals surface area contributed by atoms with Crippen molar-refractivity contribution in [2.75, 3.05) is 13.6 Å². The van der Waals surface area contributed by atoms with E-state index in [1.54, 1.807) is 7.05 Å². The summed E-state index contributed by atoms with van der Waals surface area (Å²) < 4.78 is 76.1. The third-order valence-corrected chi connectivity index (χ3v) is 3.09. The maximum Gasteiger partial charge on any atom is 0.416 e. The summed E-state index contributed by atoms with van der Waals surface area (Å²) in [5, 5.41) is 0. The van der Waals surface area contributed by atoms with E-state index < -0.39 is 23.5 Å². The highest BCUT2D eigenvalue weighted by Gasteiger charge is 2.36. The van der Waals surface area contributed by atoms with E-state index in [2.05, 4.69) is 0 Å². The van der Waals surface area contributed by atoms with Gasteiger partial charge in [0, 0.05) is 20.5 Å².